The fourth-order valence-corrected chi connectivity index (χ4v) is 2.90. The van der Waals surface area contributed by atoms with E-state index in [-0.39, 0.29) is 18.9 Å². The summed E-state index contributed by atoms with van der Waals surface area (Å²) in [7, 11) is 0. The van der Waals surface area contributed by atoms with E-state index in [1.165, 1.54) is 0 Å². The Morgan fingerprint density at radius 2 is 1.82 bits per heavy atom. The van der Waals surface area contributed by atoms with Crippen LogP contribution in [0.2, 0.25) is 5.02 Å². The normalized spacial score (nSPS) is 10.1. The van der Waals surface area contributed by atoms with Gasteiger partial charge in [-0.15, -0.1) is 0 Å². The molecular formula is C20H21BrClN3O3. The summed E-state index contributed by atoms with van der Waals surface area (Å²) in [6.45, 7) is 5.89. The molecule has 2 amide bonds. The van der Waals surface area contributed by atoms with Crippen molar-refractivity contribution < 1.29 is 14.3 Å². The molecule has 0 bridgehead atoms. The molecule has 6 nitrogen and oxygen atoms in total. The van der Waals surface area contributed by atoms with Gasteiger partial charge in [0.2, 0.25) is 5.91 Å². The van der Waals surface area contributed by atoms with Gasteiger partial charge < -0.3 is 15.5 Å². The first-order valence-electron chi connectivity index (χ1n) is 8.46. The number of benzene rings is 2. The quantitative estimate of drug-likeness (QED) is 0.493. The number of carbonyl (C=O) groups is 2. The highest BCUT2D eigenvalue weighted by molar-refractivity contribution is 9.10. The minimum Gasteiger partial charge on any atom is -0.483 e. The fraction of sp³-hybridized carbons (Fsp3) is 0.200. The molecule has 8 heteroatoms. The lowest BCUT2D eigenvalue weighted by atomic mass is 10.2. The Hall–Kier alpha value is -2.51. The number of hydrogen-bond acceptors (Lipinski definition) is 4. The van der Waals surface area contributed by atoms with E-state index in [2.05, 4.69) is 38.7 Å². The van der Waals surface area contributed by atoms with Crippen molar-refractivity contribution >= 4 is 39.3 Å². The van der Waals surface area contributed by atoms with Crippen LogP contribution in [0.5, 0.6) is 5.75 Å². The van der Waals surface area contributed by atoms with Crippen molar-refractivity contribution in [1.29, 1.82) is 0 Å². The van der Waals surface area contributed by atoms with Crippen molar-refractivity contribution in [3.8, 4) is 5.75 Å². The van der Waals surface area contributed by atoms with Crippen LogP contribution in [0.25, 0.3) is 0 Å². The van der Waals surface area contributed by atoms with Gasteiger partial charge in [-0.3, -0.25) is 15.0 Å². The van der Waals surface area contributed by atoms with Gasteiger partial charge in [0.25, 0.3) is 5.91 Å². The van der Waals surface area contributed by atoms with Crippen molar-refractivity contribution in [2.45, 2.75) is 19.9 Å². The van der Waals surface area contributed by atoms with E-state index in [0.717, 1.165) is 15.6 Å². The summed E-state index contributed by atoms with van der Waals surface area (Å²) in [6, 6.07) is 12.8. The van der Waals surface area contributed by atoms with Gasteiger partial charge in [0.15, 0.2) is 6.61 Å². The van der Waals surface area contributed by atoms with Crippen LogP contribution >= 0.6 is 27.5 Å². The van der Waals surface area contributed by atoms with E-state index in [4.69, 9.17) is 16.3 Å². The minimum absolute atomic E-state index is 0.0260. The molecule has 0 aliphatic carbocycles. The molecule has 0 spiro atoms. The largest absolute Gasteiger partial charge is 0.483 e. The fourth-order valence-electron chi connectivity index (χ4n) is 2.16. The monoisotopic (exact) mass is 465 g/mol. The Balaban J connectivity index is 1.66. The SMILES string of the molecule is C=C(CC(=O)NCc1ccc(Cl)cc1)NNC(=O)COc1ccc(C)cc1Br. The topological polar surface area (TPSA) is 79.5 Å². The van der Waals surface area contributed by atoms with Crippen LogP contribution in [0.1, 0.15) is 17.5 Å². The lowest BCUT2D eigenvalue weighted by molar-refractivity contribution is -0.124. The molecule has 3 N–H and O–H groups in total. The second-order valence-electron chi connectivity index (χ2n) is 6.08. The molecule has 0 radical (unpaired) electrons. The van der Waals surface area contributed by atoms with E-state index in [1.54, 1.807) is 18.2 Å². The summed E-state index contributed by atoms with van der Waals surface area (Å²) >= 11 is 9.21. The van der Waals surface area contributed by atoms with Gasteiger partial charge in [0.1, 0.15) is 5.75 Å². The van der Waals surface area contributed by atoms with Crippen LogP contribution in [0.3, 0.4) is 0 Å². The van der Waals surface area contributed by atoms with E-state index in [1.807, 2.05) is 31.2 Å². The lowest BCUT2D eigenvalue weighted by Crippen LogP contribution is -2.40. The molecule has 148 valence electrons. The van der Waals surface area contributed by atoms with Crippen molar-refractivity contribution in [3.63, 3.8) is 0 Å². The minimum atomic E-state index is -0.393. The summed E-state index contributed by atoms with van der Waals surface area (Å²) in [5.74, 6) is -0.0436. The molecule has 2 rings (SSSR count). The molecule has 2 aromatic rings. The van der Waals surface area contributed by atoms with E-state index in [0.29, 0.717) is 23.0 Å². The molecule has 0 heterocycles. The third-order valence-electron chi connectivity index (χ3n) is 3.60. The molecule has 2 aromatic carbocycles. The molecule has 0 saturated carbocycles. The molecule has 0 atom stereocenters. The van der Waals surface area contributed by atoms with Crippen LogP contribution in [-0.4, -0.2) is 18.4 Å². The Labute approximate surface area is 177 Å². The molecule has 0 aliphatic rings. The van der Waals surface area contributed by atoms with E-state index in [9.17, 15) is 9.59 Å². The average Bonchev–Trinajstić information content (AvgIpc) is 2.65. The highest BCUT2D eigenvalue weighted by Crippen LogP contribution is 2.25. The summed E-state index contributed by atoms with van der Waals surface area (Å²) in [5, 5.41) is 3.41. The molecule has 0 aliphatic heterocycles. The Morgan fingerprint density at radius 1 is 1.11 bits per heavy atom. The molecule has 0 aromatic heterocycles. The maximum Gasteiger partial charge on any atom is 0.276 e. The Bertz CT molecular complexity index is 856. The summed E-state index contributed by atoms with van der Waals surface area (Å²) in [6.07, 6.45) is 0.0260. The molecule has 0 saturated heterocycles. The zero-order chi connectivity index (χ0) is 20.5. The Kier molecular flexibility index (Phi) is 8.35. The third kappa shape index (κ3) is 7.62. The van der Waals surface area contributed by atoms with Gasteiger partial charge in [0, 0.05) is 17.3 Å². The first-order valence-corrected chi connectivity index (χ1v) is 9.63. The number of carbonyl (C=O) groups excluding carboxylic acids is 2. The summed E-state index contributed by atoms with van der Waals surface area (Å²) < 4.78 is 6.22. The number of aryl methyl sites for hydroxylation is 1. The van der Waals surface area contributed by atoms with Crippen LogP contribution in [0, 0.1) is 6.92 Å². The average molecular weight is 467 g/mol. The van der Waals surface area contributed by atoms with Gasteiger partial charge in [-0.25, -0.2) is 0 Å². The van der Waals surface area contributed by atoms with Crippen LogP contribution in [0.15, 0.2) is 59.2 Å². The second kappa shape index (κ2) is 10.7. The summed E-state index contributed by atoms with van der Waals surface area (Å²) in [5.41, 5.74) is 7.43. The molecular weight excluding hydrogens is 446 g/mol. The van der Waals surface area contributed by atoms with Crippen LogP contribution in [0.4, 0.5) is 0 Å². The molecule has 0 fully saturated rings. The first kappa shape index (κ1) is 21.8. The highest BCUT2D eigenvalue weighted by Gasteiger charge is 2.08. The number of halogens is 2. The number of ether oxygens (including phenoxy) is 1. The van der Waals surface area contributed by atoms with Crippen LogP contribution < -0.4 is 20.9 Å². The zero-order valence-electron chi connectivity index (χ0n) is 15.4. The number of rotatable bonds is 9. The van der Waals surface area contributed by atoms with Crippen molar-refractivity contribution in [3.05, 3.63) is 75.4 Å². The zero-order valence-corrected chi connectivity index (χ0v) is 17.7. The number of nitrogens with one attached hydrogen (secondary N) is 3. The van der Waals surface area contributed by atoms with Gasteiger partial charge in [-0.2, -0.15) is 0 Å². The molecule has 28 heavy (non-hydrogen) atoms. The summed E-state index contributed by atoms with van der Waals surface area (Å²) in [4.78, 5) is 23.8. The first-order chi connectivity index (χ1) is 13.3. The van der Waals surface area contributed by atoms with Gasteiger partial charge >= 0.3 is 0 Å². The van der Waals surface area contributed by atoms with Crippen molar-refractivity contribution in [2.75, 3.05) is 6.61 Å². The molecule has 0 unspecified atom stereocenters. The number of hydrogen-bond donors (Lipinski definition) is 3. The van der Waals surface area contributed by atoms with Crippen LogP contribution in [-0.2, 0) is 16.1 Å². The predicted octanol–water partition coefficient (Wildman–Crippen LogP) is 3.63. The highest BCUT2D eigenvalue weighted by atomic mass is 79.9. The lowest BCUT2D eigenvalue weighted by Gasteiger charge is -2.12. The maximum absolute atomic E-state index is 11.9. The number of hydrazine groups is 1. The van der Waals surface area contributed by atoms with Gasteiger partial charge in [-0.05, 0) is 58.2 Å². The van der Waals surface area contributed by atoms with Crippen molar-refractivity contribution in [2.24, 2.45) is 0 Å². The smallest absolute Gasteiger partial charge is 0.276 e. The van der Waals surface area contributed by atoms with Gasteiger partial charge in [-0.1, -0.05) is 36.4 Å². The predicted molar refractivity (Wildman–Crippen MR) is 113 cm³/mol. The third-order valence-corrected chi connectivity index (χ3v) is 4.47. The van der Waals surface area contributed by atoms with E-state index < -0.39 is 5.91 Å². The number of amides is 2. The Morgan fingerprint density at radius 3 is 2.50 bits per heavy atom. The second-order valence-corrected chi connectivity index (χ2v) is 7.37. The van der Waals surface area contributed by atoms with Crippen molar-refractivity contribution in [1.82, 2.24) is 16.2 Å². The standard InChI is InChI=1S/C20H21BrClN3O3/c1-13-3-8-18(17(21)9-13)28-12-20(27)25-24-14(2)10-19(26)23-11-15-4-6-16(22)7-5-15/h3-9,24H,2,10-12H2,1H3,(H,23,26)(H,25,27). The maximum atomic E-state index is 11.9. The van der Waals surface area contributed by atoms with Gasteiger partial charge in [0.05, 0.1) is 10.9 Å². The van der Waals surface area contributed by atoms with E-state index >= 15 is 0 Å².